The number of hydroxylamine groups is 1. The molecule has 2 heterocycles. The molecule has 0 unspecified atom stereocenters. The van der Waals surface area contributed by atoms with Crippen molar-refractivity contribution in [1.29, 1.82) is 0 Å². The van der Waals surface area contributed by atoms with Gasteiger partial charge in [-0.1, -0.05) is 42.8 Å². The first kappa shape index (κ1) is 28.2. The van der Waals surface area contributed by atoms with Crippen LogP contribution in [0.25, 0.3) is 0 Å². The van der Waals surface area contributed by atoms with Gasteiger partial charge < -0.3 is 24.8 Å². The maximum Gasteiger partial charge on any atom is 0.243 e. The molecule has 4 N–H and O–H groups in total. The van der Waals surface area contributed by atoms with E-state index in [0.717, 1.165) is 42.7 Å². The number of nitrogens with zero attached hydrogens (tertiary/aromatic N) is 1. The second kappa shape index (κ2) is 14.4. The molecule has 9 heteroatoms. The Kier molecular flexibility index (Phi) is 10.7. The van der Waals surface area contributed by atoms with Crippen molar-refractivity contribution in [3.63, 3.8) is 0 Å². The molecular formula is C29H39N3O6. The van der Waals surface area contributed by atoms with Crippen LogP contribution in [0.2, 0.25) is 0 Å². The molecule has 0 radical (unpaired) electrons. The molecule has 2 saturated heterocycles. The van der Waals surface area contributed by atoms with Gasteiger partial charge in [-0.05, 0) is 62.0 Å². The van der Waals surface area contributed by atoms with Crippen molar-refractivity contribution < 1.29 is 29.4 Å². The Morgan fingerprint density at radius 1 is 0.921 bits per heavy atom. The molecule has 0 saturated carbocycles. The third kappa shape index (κ3) is 8.34. The number of aliphatic hydroxyl groups is 1. The number of amides is 2. The monoisotopic (exact) mass is 525 g/mol. The van der Waals surface area contributed by atoms with Crippen LogP contribution in [0.3, 0.4) is 0 Å². The number of rotatable bonds is 11. The van der Waals surface area contributed by atoms with E-state index in [9.17, 15) is 14.7 Å². The summed E-state index contributed by atoms with van der Waals surface area (Å²) in [7, 11) is 0. The molecule has 0 aliphatic carbocycles. The van der Waals surface area contributed by atoms with Crippen LogP contribution in [0.4, 0.5) is 5.69 Å². The first-order valence-corrected chi connectivity index (χ1v) is 13.6. The summed E-state index contributed by atoms with van der Waals surface area (Å²) in [6, 6.07) is 15.4. The first-order valence-electron chi connectivity index (χ1n) is 13.6. The maximum absolute atomic E-state index is 12.4. The van der Waals surface area contributed by atoms with E-state index >= 15 is 0 Å². The van der Waals surface area contributed by atoms with Crippen LogP contribution in [-0.2, 0) is 25.7 Å². The molecule has 2 aromatic rings. The highest BCUT2D eigenvalue weighted by Gasteiger charge is 2.33. The zero-order chi connectivity index (χ0) is 26.7. The lowest BCUT2D eigenvalue weighted by molar-refractivity contribution is -0.253. The van der Waals surface area contributed by atoms with Gasteiger partial charge in [-0.2, -0.15) is 0 Å². The number of benzene rings is 2. The van der Waals surface area contributed by atoms with Gasteiger partial charge in [0.05, 0.1) is 18.8 Å². The first-order chi connectivity index (χ1) is 18.5. The lowest BCUT2D eigenvalue weighted by Crippen LogP contribution is -2.41. The largest absolute Gasteiger partial charge is 0.392 e. The van der Waals surface area contributed by atoms with Gasteiger partial charge in [0.2, 0.25) is 11.8 Å². The van der Waals surface area contributed by atoms with Crippen molar-refractivity contribution in [2.75, 3.05) is 25.0 Å². The number of piperidine rings is 1. The van der Waals surface area contributed by atoms with Crippen LogP contribution in [0.1, 0.15) is 80.5 Å². The van der Waals surface area contributed by atoms with Crippen LogP contribution in [0.5, 0.6) is 0 Å². The summed E-state index contributed by atoms with van der Waals surface area (Å²) in [6.07, 6.45) is 5.27. The van der Waals surface area contributed by atoms with E-state index in [4.69, 9.17) is 14.7 Å². The molecule has 38 heavy (non-hydrogen) atoms. The van der Waals surface area contributed by atoms with Crippen molar-refractivity contribution in [3.05, 3.63) is 65.2 Å². The zero-order valence-electron chi connectivity index (χ0n) is 21.8. The normalized spacial score (nSPS) is 22.1. The fraction of sp³-hybridized carbons (Fsp3) is 0.517. The van der Waals surface area contributed by atoms with Gasteiger partial charge in [0.15, 0.2) is 6.29 Å². The fourth-order valence-corrected chi connectivity index (χ4v) is 5.08. The van der Waals surface area contributed by atoms with Gasteiger partial charge >= 0.3 is 0 Å². The number of anilines is 1. The Hall–Kier alpha value is -2.82. The Balaban J connectivity index is 1.42. The van der Waals surface area contributed by atoms with E-state index in [-0.39, 0.29) is 37.6 Å². The Morgan fingerprint density at radius 2 is 1.66 bits per heavy atom. The minimum absolute atomic E-state index is 0.00346. The van der Waals surface area contributed by atoms with Crippen molar-refractivity contribution in [2.45, 2.75) is 76.5 Å². The molecule has 2 aliphatic rings. The summed E-state index contributed by atoms with van der Waals surface area (Å²) < 4.78 is 12.9. The number of hydrogen-bond donors (Lipinski definition) is 4. The number of carbonyl (C=O) groups is 2. The number of likely N-dealkylation sites (tertiary alicyclic amines) is 1. The Labute approximate surface area is 224 Å². The number of ether oxygens (including phenoxy) is 2. The predicted molar refractivity (Wildman–Crippen MR) is 142 cm³/mol. The van der Waals surface area contributed by atoms with Crippen molar-refractivity contribution in [3.8, 4) is 0 Å². The smallest absolute Gasteiger partial charge is 0.243 e. The highest BCUT2D eigenvalue weighted by Crippen LogP contribution is 2.38. The summed E-state index contributed by atoms with van der Waals surface area (Å²) in [5.74, 6) is -0.589. The van der Waals surface area contributed by atoms with Crippen LogP contribution in [-0.4, -0.2) is 52.8 Å². The fourth-order valence-electron chi connectivity index (χ4n) is 5.08. The minimum atomic E-state index is -0.574. The van der Waals surface area contributed by atoms with Crippen LogP contribution in [0, 0.1) is 0 Å². The topological polar surface area (TPSA) is 120 Å². The molecule has 2 amide bonds. The van der Waals surface area contributed by atoms with E-state index in [2.05, 4.69) is 10.2 Å². The van der Waals surface area contributed by atoms with Crippen LogP contribution < -0.4 is 10.8 Å². The summed E-state index contributed by atoms with van der Waals surface area (Å²) in [6.45, 7) is 3.04. The quantitative estimate of drug-likeness (QED) is 0.197. The lowest BCUT2D eigenvalue weighted by Gasteiger charge is -2.39. The summed E-state index contributed by atoms with van der Waals surface area (Å²) >= 11 is 0. The van der Waals surface area contributed by atoms with Gasteiger partial charge in [0.1, 0.15) is 0 Å². The van der Waals surface area contributed by atoms with E-state index in [1.54, 1.807) is 5.48 Å². The van der Waals surface area contributed by atoms with Gasteiger partial charge in [-0.3, -0.25) is 14.8 Å². The van der Waals surface area contributed by atoms with Gasteiger partial charge in [-0.15, -0.1) is 0 Å². The summed E-state index contributed by atoms with van der Waals surface area (Å²) in [4.78, 5) is 26.0. The van der Waals surface area contributed by atoms with Crippen LogP contribution in [0.15, 0.2) is 48.5 Å². The molecular weight excluding hydrogens is 486 g/mol. The predicted octanol–water partition coefficient (Wildman–Crippen LogP) is 4.21. The Morgan fingerprint density at radius 3 is 2.37 bits per heavy atom. The molecule has 206 valence electrons. The average molecular weight is 526 g/mol. The number of carbonyl (C=O) groups excluding carboxylic acids is 2. The number of hydrogen-bond acceptors (Lipinski definition) is 7. The van der Waals surface area contributed by atoms with Gasteiger partial charge in [0, 0.05) is 37.1 Å². The van der Waals surface area contributed by atoms with Crippen LogP contribution >= 0.6 is 0 Å². The lowest BCUT2D eigenvalue weighted by atomic mass is 9.99. The van der Waals surface area contributed by atoms with E-state index in [1.165, 1.54) is 19.3 Å². The molecule has 2 fully saturated rings. The van der Waals surface area contributed by atoms with Gasteiger partial charge in [0.25, 0.3) is 0 Å². The zero-order valence-corrected chi connectivity index (χ0v) is 21.8. The SMILES string of the molecule is O=C(CCCCC(=O)Nc1cccc([C@H]2O[C@@H](CN3CCCCC3)C[C@@H](c3ccc(CO)cc3)O2)c1)NO. The van der Waals surface area contributed by atoms with E-state index < -0.39 is 12.2 Å². The second-order valence-corrected chi connectivity index (χ2v) is 10.1. The van der Waals surface area contributed by atoms with Gasteiger partial charge in [-0.25, -0.2) is 5.48 Å². The molecule has 4 rings (SSSR count). The number of unbranched alkanes of at least 4 members (excludes halogenated alkanes) is 1. The molecule has 0 aromatic heterocycles. The highest BCUT2D eigenvalue weighted by atomic mass is 16.7. The number of nitrogens with one attached hydrogen (secondary N) is 2. The third-order valence-electron chi connectivity index (χ3n) is 7.15. The van der Waals surface area contributed by atoms with Crippen molar-refractivity contribution in [1.82, 2.24) is 10.4 Å². The highest BCUT2D eigenvalue weighted by molar-refractivity contribution is 5.90. The molecule has 3 atom stereocenters. The van der Waals surface area contributed by atoms with E-state index in [0.29, 0.717) is 18.5 Å². The molecule has 0 bridgehead atoms. The average Bonchev–Trinajstić information content (AvgIpc) is 2.95. The maximum atomic E-state index is 12.4. The standard InChI is InChI=1S/C29H39N3O6/c33-20-21-11-13-22(14-12-21)26-18-25(19-32-15-4-1-5-16-32)37-29(38-26)23-7-6-8-24(17-23)30-27(34)9-2-3-10-28(35)31-36/h6-8,11-14,17,25-26,29,33,36H,1-5,9-10,15-16,18-20H2,(H,30,34)(H,31,35)/t25-,26+,29+/m1/s1. The molecule has 0 spiro atoms. The summed E-state index contributed by atoms with van der Waals surface area (Å²) in [5.41, 5.74) is 5.01. The van der Waals surface area contributed by atoms with E-state index in [1.807, 2.05) is 48.5 Å². The minimum Gasteiger partial charge on any atom is -0.392 e. The van der Waals surface area contributed by atoms with Crippen molar-refractivity contribution >= 4 is 17.5 Å². The number of aliphatic hydroxyl groups excluding tert-OH is 1. The molecule has 2 aliphatic heterocycles. The molecule has 9 nitrogen and oxygen atoms in total. The second-order valence-electron chi connectivity index (χ2n) is 10.1. The third-order valence-corrected chi connectivity index (χ3v) is 7.15. The summed E-state index contributed by atoms with van der Waals surface area (Å²) in [5, 5.41) is 20.9. The Bertz CT molecular complexity index is 1040. The van der Waals surface area contributed by atoms with Crippen molar-refractivity contribution in [2.24, 2.45) is 0 Å². The molecule has 2 aromatic carbocycles.